The molecule has 2 unspecified atom stereocenters. The standard InChI is InChI=1S/C19H18BrClFNO/c20-17-13-11-19(12-6-2-1-3-7-12,16-8-4-5-9-23-16)24-15(13)10-14(22)18(17)21/h1-3,6-7,10,16,23H,4-5,8-9,11H2. The number of ether oxygens (including phenoxy) is 1. The molecule has 2 aromatic rings. The lowest BCUT2D eigenvalue weighted by Crippen LogP contribution is -2.53. The van der Waals surface area contributed by atoms with Crippen LogP contribution in [0, 0.1) is 5.82 Å². The van der Waals surface area contributed by atoms with Crippen LogP contribution >= 0.6 is 27.5 Å². The lowest BCUT2D eigenvalue weighted by Gasteiger charge is -2.40. The van der Waals surface area contributed by atoms with E-state index >= 15 is 0 Å². The molecule has 1 fully saturated rings. The molecule has 2 nitrogen and oxygen atoms in total. The van der Waals surface area contributed by atoms with Gasteiger partial charge in [0.05, 0.1) is 11.1 Å². The van der Waals surface area contributed by atoms with Gasteiger partial charge >= 0.3 is 0 Å². The Balaban J connectivity index is 1.83. The Bertz CT molecular complexity index is 764. The molecule has 126 valence electrons. The molecular formula is C19H18BrClFNO. The number of hydrogen-bond acceptors (Lipinski definition) is 2. The summed E-state index contributed by atoms with van der Waals surface area (Å²) < 4.78 is 21.1. The molecule has 0 bridgehead atoms. The highest BCUT2D eigenvalue weighted by molar-refractivity contribution is 9.10. The average molecular weight is 411 g/mol. The molecule has 1 N–H and O–H groups in total. The molecule has 0 aromatic heterocycles. The number of piperidine rings is 1. The van der Waals surface area contributed by atoms with E-state index in [2.05, 4.69) is 33.4 Å². The van der Waals surface area contributed by atoms with Gasteiger partial charge in [0.1, 0.15) is 11.6 Å². The number of rotatable bonds is 2. The third kappa shape index (κ3) is 2.56. The molecule has 0 spiro atoms. The third-order valence-electron chi connectivity index (χ3n) is 5.09. The van der Waals surface area contributed by atoms with Crippen molar-refractivity contribution < 1.29 is 9.13 Å². The van der Waals surface area contributed by atoms with Gasteiger partial charge in [-0.15, -0.1) is 0 Å². The Kier molecular flexibility index (Phi) is 4.31. The van der Waals surface area contributed by atoms with Crippen molar-refractivity contribution in [3.63, 3.8) is 0 Å². The summed E-state index contributed by atoms with van der Waals surface area (Å²) in [6.07, 6.45) is 4.06. The number of benzene rings is 2. The second kappa shape index (κ2) is 6.32. The maximum Gasteiger partial charge on any atom is 0.153 e. The van der Waals surface area contributed by atoms with Crippen LogP contribution in [0.4, 0.5) is 4.39 Å². The molecule has 4 rings (SSSR count). The monoisotopic (exact) mass is 409 g/mol. The van der Waals surface area contributed by atoms with Crippen LogP contribution in [0.25, 0.3) is 0 Å². The Hall–Kier alpha value is -1.10. The van der Waals surface area contributed by atoms with E-state index in [0.717, 1.165) is 24.1 Å². The predicted octanol–water partition coefficient (Wildman–Crippen LogP) is 5.21. The van der Waals surface area contributed by atoms with Crippen molar-refractivity contribution in [3.8, 4) is 5.75 Å². The van der Waals surface area contributed by atoms with E-state index in [-0.39, 0.29) is 11.1 Å². The molecule has 2 atom stereocenters. The summed E-state index contributed by atoms with van der Waals surface area (Å²) in [4.78, 5) is 0. The van der Waals surface area contributed by atoms with E-state index in [1.54, 1.807) is 0 Å². The van der Waals surface area contributed by atoms with Crippen molar-refractivity contribution >= 4 is 27.5 Å². The summed E-state index contributed by atoms with van der Waals surface area (Å²) in [5, 5.41) is 3.74. The zero-order valence-electron chi connectivity index (χ0n) is 13.1. The molecule has 0 radical (unpaired) electrons. The second-order valence-corrected chi connectivity index (χ2v) is 7.67. The Labute approximate surface area is 154 Å². The number of fused-ring (bicyclic) bond motifs is 1. The highest BCUT2D eigenvalue weighted by Gasteiger charge is 2.48. The molecule has 0 aliphatic carbocycles. The molecule has 2 aromatic carbocycles. The highest BCUT2D eigenvalue weighted by atomic mass is 79.9. The zero-order valence-corrected chi connectivity index (χ0v) is 15.5. The van der Waals surface area contributed by atoms with Gasteiger partial charge in [0.25, 0.3) is 0 Å². The van der Waals surface area contributed by atoms with Gasteiger partial charge in [-0.05, 0) is 40.9 Å². The Morgan fingerprint density at radius 1 is 1.25 bits per heavy atom. The van der Waals surface area contributed by atoms with Crippen LogP contribution in [-0.2, 0) is 12.0 Å². The van der Waals surface area contributed by atoms with Gasteiger partial charge in [-0.1, -0.05) is 48.4 Å². The third-order valence-corrected chi connectivity index (χ3v) is 6.56. The second-order valence-electron chi connectivity index (χ2n) is 6.50. The molecule has 0 amide bonds. The van der Waals surface area contributed by atoms with E-state index in [1.807, 2.05) is 18.2 Å². The van der Waals surface area contributed by atoms with Crippen LogP contribution in [0.2, 0.25) is 5.02 Å². The van der Waals surface area contributed by atoms with Gasteiger partial charge in [-0.3, -0.25) is 0 Å². The largest absolute Gasteiger partial charge is 0.480 e. The van der Waals surface area contributed by atoms with Crippen LogP contribution < -0.4 is 10.1 Å². The molecule has 1 saturated heterocycles. The molecule has 2 aliphatic heterocycles. The SMILES string of the molecule is Fc1cc2c(c(Br)c1Cl)CC(c1ccccc1)(C1CCCCN1)O2. The smallest absolute Gasteiger partial charge is 0.153 e. The minimum Gasteiger partial charge on any atom is -0.480 e. The topological polar surface area (TPSA) is 21.3 Å². The number of hydrogen-bond donors (Lipinski definition) is 1. The number of halogens is 3. The van der Waals surface area contributed by atoms with Crippen molar-refractivity contribution in [2.45, 2.75) is 37.3 Å². The fraction of sp³-hybridized carbons (Fsp3) is 0.368. The van der Waals surface area contributed by atoms with Gasteiger partial charge < -0.3 is 10.1 Å². The van der Waals surface area contributed by atoms with Crippen molar-refractivity contribution in [2.24, 2.45) is 0 Å². The van der Waals surface area contributed by atoms with Gasteiger partial charge in [-0.25, -0.2) is 4.39 Å². The van der Waals surface area contributed by atoms with E-state index in [9.17, 15) is 4.39 Å². The first-order chi connectivity index (χ1) is 11.6. The van der Waals surface area contributed by atoms with Crippen LogP contribution in [0.5, 0.6) is 5.75 Å². The summed E-state index contributed by atoms with van der Waals surface area (Å²) >= 11 is 9.55. The predicted molar refractivity (Wildman–Crippen MR) is 97.2 cm³/mol. The van der Waals surface area contributed by atoms with E-state index < -0.39 is 11.4 Å². The maximum atomic E-state index is 14.1. The molecule has 2 heterocycles. The molecular weight excluding hydrogens is 393 g/mol. The molecule has 24 heavy (non-hydrogen) atoms. The van der Waals surface area contributed by atoms with Gasteiger partial charge in [0.2, 0.25) is 0 Å². The van der Waals surface area contributed by atoms with Crippen LogP contribution in [0.3, 0.4) is 0 Å². The summed E-state index contributed by atoms with van der Waals surface area (Å²) in [6, 6.07) is 11.8. The first-order valence-electron chi connectivity index (χ1n) is 8.26. The highest BCUT2D eigenvalue weighted by Crippen LogP contribution is 2.49. The van der Waals surface area contributed by atoms with Gasteiger partial charge in [-0.2, -0.15) is 0 Å². The zero-order chi connectivity index (χ0) is 16.7. The van der Waals surface area contributed by atoms with Crippen molar-refractivity contribution in [1.82, 2.24) is 5.32 Å². The summed E-state index contributed by atoms with van der Waals surface area (Å²) in [6.45, 7) is 0.981. The van der Waals surface area contributed by atoms with Crippen LogP contribution in [0.15, 0.2) is 40.9 Å². The minimum absolute atomic E-state index is 0.123. The Morgan fingerprint density at radius 3 is 2.75 bits per heavy atom. The maximum absolute atomic E-state index is 14.1. The molecule has 2 aliphatic rings. The fourth-order valence-electron chi connectivity index (χ4n) is 3.89. The van der Waals surface area contributed by atoms with Crippen molar-refractivity contribution in [1.29, 1.82) is 0 Å². The minimum atomic E-state index is -0.524. The first kappa shape index (κ1) is 16.4. The van der Waals surface area contributed by atoms with Crippen LogP contribution in [-0.4, -0.2) is 12.6 Å². The molecule has 0 saturated carbocycles. The van der Waals surface area contributed by atoms with Gasteiger partial charge in [0.15, 0.2) is 5.60 Å². The summed E-state index contributed by atoms with van der Waals surface area (Å²) in [5.74, 6) is 0.128. The first-order valence-corrected chi connectivity index (χ1v) is 9.43. The van der Waals surface area contributed by atoms with Crippen molar-refractivity contribution in [2.75, 3.05) is 6.54 Å². The van der Waals surface area contributed by atoms with E-state index in [1.165, 1.54) is 18.9 Å². The number of nitrogens with one attached hydrogen (secondary N) is 1. The van der Waals surface area contributed by atoms with E-state index in [4.69, 9.17) is 16.3 Å². The Morgan fingerprint density at radius 2 is 2.04 bits per heavy atom. The van der Waals surface area contributed by atoms with Crippen LogP contribution in [0.1, 0.15) is 30.4 Å². The van der Waals surface area contributed by atoms with E-state index in [0.29, 0.717) is 16.6 Å². The summed E-state index contributed by atoms with van der Waals surface area (Å²) in [7, 11) is 0. The fourth-order valence-corrected chi connectivity index (χ4v) is 4.58. The quantitative estimate of drug-likeness (QED) is 0.686. The average Bonchev–Trinajstić information content (AvgIpc) is 3.02. The van der Waals surface area contributed by atoms with Crippen molar-refractivity contribution in [3.05, 3.63) is 62.8 Å². The molecule has 5 heteroatoms. The summed E-state index contributed by atoms with van der Waals surface area (Å²) in [5.41, 5.74) is 1.53. The normalized spacial score (nSPS) is 26.0. The van der Waals surface area contributed by atoms with Gasteiger partial charge in [0, 0.05) is 22.5 Å². The lowest BCUT2D eigenvalue weighted by molar-refractivity contribution is 0.0352. The lowest BCUT2D eigenvalue weighted by atomic mass is 9.79.